The second-order valence-corrected chi connectivity index (χ2v) is 8.38. The number of alkyl carbamates (subject to hydrolysis) is 1. The van der Waals surface area contributed by atoms with Crippen LogP contribution in [0.25, 0.3) is 11.2 Å². The number of ether oxygens (including phenoxy) is 3. The van der Waals surface area contributed by atoms with Crippen molar-refractivity contribution in [3.8, 4) is 0 Å². The highest BCUT2D eigenvalue weighted by Gasteiger charge is 2.45. The lowest BCUT2D eigenvalue weighted by molar-refractivity contribution is -0.0533. The van der Waals surface area contributed by atoms with Crippen LogP contribution in [-0.2, 0) is 20.8 Å². The zero-order chi connectivity index (χ0) is 24.4. The Morgan fingerprint density at radius 1 is 1.20 bits per heavy atom. The van der Waals surface area contributed by atoms with Gasteiger partial charge in [-0.3, -0.25) is 4.57 Å². The maximum Gasteiger partial charge on any atom is 0.407 e. The van der Waals surface area contributed by atoms with Gasteiger partial charge in [0.1, 0.15) is 37.1 Å². The predicted molar refractivity (Wildman–Crippen MR) is 119 cm³/mol. The van der Waals surface area contributed by atoms with Crippen LogP contribution in [0.1, 0.15) is 18.2 Å². The van der Waals surface area contributed by atoms with Gasteiger partial charge in [0, 0.05) is 13.2 Å². The van der Waals surface area contributed by atoms with E-state index in [4.69, 9.17) is 14.2 Å². The number of hydrogen-bond donors (Lipinski definition) is 4. The monoisotopic (exact) mass is 488 g/mol. The Morgan fingerprint density at radius 2 is 2.03 bits per heavy atom. The van der Waals surface area contributed by atoms with Gasteiger partial charge in [-0.1, -0.05) is 12.1 Å². The number of carbonyl (C=O) groups excluding carboxylic acids is 1. The van der Waals surface area contributed by atoms with E-state index in [-0.39, 0.29) is 25.0 Å². The third kappa shape index (κ3) is 5.03. The summed E-state index contributed by atoms with van der Waals surface area (Å²) in [5.74, 6) is 0.167. The van der Waals surface area contributed by atoms with Crippen LogP contribution in [0.4, 0.5) is 15.0 Å². The van der Waals surface area contributed by atoms with Crippen LogP contribution in [0.3, 0.4) is 0 Å². The van der Waals surface area contributed by atoms with Gasteiger partial charge in [-0.2, -0.15) is 0 Å². The molecule has 1 amide bonds. The van der Waals surface area contributed by atoms with Crippen molar-refractivity contribution in [2.45, 2.75) is 43.5 Å². The van der Waals surface area contributed by atoms with Gasteiger partial charge < -0.3 is 35.1 Å². The number of aliphatic hydroxyl groups excluding tert-OH is 2. The van der Waals surface area contributed by atoms with Crippen LogP contribution in [0.15, 0.2) is 36.9 Å². The summed E-state index contributed by atoms with van der Waals surface area (Å²) in [6, 6.07) is 5.78. The van der Waals surface area contributed by atoms with E-state index in [0.29, 0.717) is 35.8 Å². The number of anilines is 1. The molecule has 2 unspecified atom stereocenters. The highest BCUT2D eigenvalue weighted by molar-refractivity contribution is 5.82. The number of aliphatic hydroxyl groups is 2. The second kappa shape index (κ2) is 10.1. The molecule has 2 aliphatic heterocycles. The Balaban J connectivity index is 1.21. The minimum absolute atomic E-state index is 0.115. The molecule has 4 heterocycles. The van der Waals surface area contributed by atoms with Crippen molar-refractivity contribution in [1.82, 2.24) is 24.8 Å². The molecule has 2 aliphatic rings. The van der Waals surface area contributed by atoms with Gasteiger partial charge in [-0.05, 0) is 24.1 Å². The molecule has 0 spiro atoms. The number of aromatic nitrogens is 4. The first-order valence-corrected chi connectivity index (χ1v) is 11.2. The second-order valence-electron chi connectivity index (χ2n) is 8.38. The summed E-state index contributed by atoms with van der Waals surface area (Å²) in [7, 11) is 0. The lowest BCUT2D eigenvalue weighted by Gasteiger charge is -2.17. The first-order valence-electron chi connectivity index (χ1n) is 11.2. The molecule has 12 nitrogen and oxygen atoms in total. The van der Waals surface area contributed by atoms with E-state index < -0.39 is 30.6 Å². The van der Waals surface area contributed by atoms with E-state index in [1.807, 2.05) is 0 Å². The number of rotatable bonds is 7. The van der Waals surface area contributed by atoms with Crippen LogP contribution in [0.2, 0.25) is 0 Å². The van der Waals surface area contributed by atoms with E-state index in [9.17, 15) is 19.4 Å². The van der Waals surface area contributed by atoms with Gasteiger partial charge in [-0.25, -0.2) is 24.1 Å². The third-order valence-corrected chi connectivity index (χ3v) is 5.97. The summed E-state index contributed by atoms with van der Waals surface area (Å²) >= 11 is 0. The smallest absolute Gasteiger partial charge is 0.407 e. The van der Waals surface area contributed by atoms with Crippen molar-refractivity contribution >= 4 is 23.1 Å². The zero-order valence-electron chi connectivity index (χ0n) is 18.6. The number of nitrogens with zero attached hydrogens (tertiary/aromatic N) is 4. The summed E-state index contributed by atoms with van der Waals surface area (Å²) < 4.78 is 30.8. The van der Waals surface area contributed by atoms with E-state index >= 15 is 0 Å². The lowest BCUT2D eigenvalue weighted by Crippen LogP contribution is -2.35. The number of nitrogens with one attached hydrogen (secondary N) is 2. The van der Waals surface area contributed by atoms with Crippen LogP contribution in [0, 0.1) is 5.82 Å². The quantitative estimate of drug-likeness (QED) is 0.374. The summed E-state index contributed by atoms with van der Waals surface area (Å²) in [6.45, 7) is 1.10. The fourth-order valence-corrected chi connectivity index (χ4v) is 4.07. The molecule has 1 aromatic carbocycles. The number of fused-ring (bicyclic) bond motifs is 1. The van der Waals surface area contributed by atoms with Crippen LogP contribution in [-0.4, -0.2) is 80.0 Å². The summed E-state index contributed by atoms with van der Waals surface area (Å²) in [4.78, 5) is 24.9. The van der Waals surface area contributed by atoms with Crippen LogP contribution < -0.4 is 10.6 Å². The maximum atomic E-state index is 13.0. The molecule has 2 aromatic heterocycles. The van der Waals surface area contributed by atoms with Gasteiger partial charge in [-0.15, -0.1) is 0 Å². The topological polar surface area (TPSA) is 153 Å². The molecule has 2 saturated heterocycles. The number of hydrogen-bond acceptors (Lipinski definition) is 10. The molecule has 3 aromatic rings. The first-order chi connectivity index (χ1) is 17.0. The maximum absolute atomic E-state index is 13.0. The van der Waals surface area contributed by atoms with E-state index in [2.05, 4.69) is 25.6 Å². The standard InChI is InChI=1S/C22H25FN6O6/c23-13-3-1-12(2-4-13)7-24-22(32)34-9-15-17(30)18(31)21(35-15)29-11-27-16-19(25-10-26-20(16)29)28-14-5-6-33-8-14/h1-4,10-11,14-15,17-18,21,30-31H,5-9H2,(H,24,32)(H,25,26,28)/t14-,15?,17?,18-,21-/m1/s1. The van der Waals surface area contributed by atoms with Crippen molar-refractivity contribution < 1.29 is 33.6 Å². The molecule has 4 N–H and O–H groups in total. The molecule has 0 saturated carbocycles. The fraction of sp³-hybridized carbons (Fsp3) is 0.455. The van der Waals surface area contributed by atoms with Crippen molar-refractivity contribution in [3.63, 3.8) is 0 Å². The normalized spacial score (nSPS) is 26.2. The first kappa shape index (κ1) is 23.4. The number of imidazole rings is 1. The Morgan fingerprint density at radius 3 is 2.80 bits per heavy atom. The minimum Gasteiger partial charge on any atom is -0.447 e. The molecule has 2 fully saturated rings. The molecule has 0 aliphatic carbocycles. The Kier molecular flexibility index (Phi) is 6.72. The Hall–Kier alpha value is -3.39. The van der Waals surface area contributed by atoms with Crippen LogP contribution in [0.5, 0.6) is 0 Å². The number of benzene rings is 1. The third-order valence-electron chi connectivity index (χ3n) is 5.97. The highest BCUT2D eigenvalue weighted by Crippen LogP contribution is 2.32. The SMILES string of the molecule is O=C(NCc1ccc(F)cc1)OCC1O[C@@H](n2cnc3c(N[C@@H]4CCOC4)ncnc32)[C@H](O)C1O. The van der Waals surface area contributed by atoms with Gasteiger partial charge in [0.2, 0.25) is 0 Å². The lowest BCUT2D eigenvalue weighted by atomic mass is 10.1. The molecular formula is C22H25FN6O6. The molecule has 5 atom stereocenters. The molecule has 0 bridgehead atoms. The average Bonchev–Trinajstić information content (AvgIpc) is 3.59. The van der Waals surface area contributed by atoms with E-state index in [0.717, 1.165) is 6.42 Å². The highest BCUT2D eigenvalue weighted by atomic mass is 19.1. The predicted octanol–water partition coefficient (Wildman–Crippen LogP) is 0.712. The number of amides is 1. The molecule has 0 radical (unpaired) electrons. The molecule has 13 heteroatoms. The summed E-state index contributed by atoms with van der Waals surface area (Å²) in [5.41, 5.74) is 1.60. The Bertz CT molecular complexity index is 1170. The van der Waals surface area contributed by atoms with Gasteiger partial charge >= 0.3 is 6.09 Å². The summed E-state index contributed by atoms with van der Waals surface area (Å²) in [6.07, 6.45) is -1.65. The van der Waals surface area contributed by atoms with Gasteiger partial charge in [0.15, 0.2) is 23.2 Å². The fourth-order valence-electron chi connectivity index (χ4n) is 4.07. The zero-order valence-corrected chi connectivity index (χ0v) is 18.6. The molecule has 5 rings (SSSR count). The molecule has 35 heavy (non-hydrogen) atoms. The van der Waals surface area contributed by atoms with Crippen molar-refractivity contribution in [3.05, 3.63) is 48.3 Å². The number of carbonyl (C=O) groups is 1. The minimum atomic E-state index is -1.31. The van der Waals surface area contributed by atoms with Gasteiger partial charge in [0.25, 0.3) is 0 Å². The number of halogens is 1. The van der Waals surface area contributed by atoms with Crippen molar-refractivity contribution in [2.24, 2.45) is 0 Å². The molecular weight excluding hydrogens is 463 g/mol. The summed E-state index contributed by atoms with van der Waals surface area (Å²) in [5, 5.41) is 26.9. The van der Waals surface area contributed by atoms with Crippen LogP contribution >= 0.6 is 0 Å². The van der Waals surface area contributed by atoms with Crippen molar-refractivity contribution in [2.75, 3.05) is 25.1 Å². The largest absolute Gasteiger partial charge is 0.447 e. The molecule has 186 valence electrons. The Labute approximate surface area is 199 Å². The van der Waals surface area contributed by atoms with Crippen molar-refractivity contribution in [1.29, 1.82) is 0 Å². The average molecular weight is 488 g/mol. The van der Waals surface area contributed by atoms with Gasteiger partial charge in [0.05, 0.1) is 19.0 Å². The van der Waals surface area contributed by atoms with E-state index in [1.54, 1.807) is 12.1 Å². The van der Waals surface area contributed by atoms with E-state index in [1.165, 1.54) is 29.4 Å².